The van der Waals surface area contributed by atoms with Crippen LogP contribution in [0.25, 0.3) is 11.3 Å². The van der Waals surface area contributed by atoms with Gasteiger partial charge < -0.3 is 10.6 Å². The number of alkyl halides is 1. The van der Waals surface area contributed by atoms with Crippen LogP contribution >= 0.6 is 11.6 Å². The van der Waals surface area contributed by atoms with E-state index in [9.17, 15) is 4.79 Å². The van der Waals surface area contributed by atoms with Gasteiger partial charge in [-0.25, -0.2) is 9.97 Å². The molecule has 2 N–H and O–H groups in total. The van der Waals surface area contributed by atoms with Gasteiger partial charge in [0.1, 0.15) is 0 Å². The number of hydrogen-bond donors (Lipinski definition) is 2. The van der Waals surface area contributed by atoms with Crippen LogP contribution in [0.4, 0.5) is 5.95 Å². The number of anilines is 1. The number of nitrogens with one attached hydrogen (secondary N) is 2. The highest BCUT2D eigenvalue weighted by molar-refractivity contribution is 6.20. The Balaban J connectivity index is 1.50. The third kappa shape index (κ3) is 3.97. The van der Waals surface area contributed by atoms with Gasteiger partial charge in [0.25, 0.3) is 0 Å². The first-order valence-corrected chi connectivity index (χ1v) is 10.8. The highest BCUT2D eigenvalue weighted by Gasteiger charge is 2.41. The van der Waals surface area contributed by atoms with Gasteiger partial charge in [-0.05, 0) is 58.4 Å². The van der Waals surface area contributed by atoms with Crippen molar-refractivity contribution >= 4 is 23.5 Å². The summed E-state index contributed by atoms with van der Waals surface area (Å²) in [5, 5.41) is 11.3. The molecule has 4 unspecified atom stereocenters. The molecular formula is C21H29ClN6O. The lowest BCUT2D eigenvalue weighted by molar-refractivity contribution is -0.130. The van der Waals surface area contributed by atoms with Crippen LogP contribution in [-0.2, 0) is 11.8 Å². The standard InChI is InChI=1S/C21H29ClN6O/c1-11(16-10-14-9-15(22)5-6-17(14)25-20(16)29)24-21-23-8-7-18(26-21)19-12(2)27-28(4)13(19)3/h7-8,11,14-17H,5-6,9-10H2,1-4H3,(H,25,29)(H,23,24,26)/t11-,14?,15?,16?,17?/m0/s1. The van der Waals surface area contributed by atoms with Gasteiger partial charge in [-0.2, -0.15) is 5.10 Å². The summed E-state index contributed by atoms with van der Waals surface area (Å²) in [4.78, 5) is 21.8. The molecule has 3 heterocycles. The number of hydrogen-bond acceptors (Lipinski definition) is 5. The van der Waals surface area contributed by atoms with Crippen LogP contribution in [0, 0.1) is 25.7 Å². The zero-order chi connectivity index (χ0) is 20.7. The van der Waals surface area contributed by atoms with Crippen LogP contribution in [0.3, 0.4) is 0 Å². The molecule has 0 aromatic carbocycles. The summed E-state index contributed by atoms with van der Waals surface area (Å²) in [6.45, 7) is 6.05. The highest BCUT2D eigenvalue weighted by Crippen LogP contribution is 2.37. The largest absolute Gasteiger partial charge is 0.353 e. The maximum absolute atomic E-state index is 12.7. The summed E-state index contributed by atoms with van der Waals surface area (Å²) in [7, 11) is 1.93. The van der Waals surface area contributed by atoms with Crippen molar-refractivity contribution in [2.24, 2.45) is 18.9 Å². The molecule has 1 aliphatic heterocycles. The van der Waals surface area contributed by atoms with E-state index in [1.165, 1.54) is 0 Å². The fourth-order valence-electron chi connectivity index (χ4n) is 4.83. The zero-order valence-corrected chi connectivity index (χ0v) is 18.2. The normalized spacial score (nSPS) is 27.8. The van der Waals surface area contributed by atoms with E-state index in [0.29, 0.717) is 11.9 Å². The third-order valence-electron chi connectivity index (χ3n) is 6.52. The second-order valence-electron chi connectivity index (χ2n) is 8.50. The zero-order valence-electron chi connectivity index (χ0n) is 17.4. The number of fused-ring (bicyclic) bond motifs is 1. The van der Waals surface area contributed by atoms with Gasteiger partial charge in [0.15, 0.2) is 0 Å². The Morgan fingerprint density at radius 1 is 1.31 bits per heavy atom. The van der Waals surface area contributed by atoms with E-state index in [2.05, 4.69) is 20.7 Å². The van der Waals surface area contributed by atoms with Crippen molar-refractivity contribution in [1.29, 1.82) is 0 Å². The molecule has 0 bridgehead atoms. The van der Waals surface area contributed by atoms with Crippen molar-refractivity contribution in [3.8, 4) is 11.3 Å². The first-order chi connectivity index (χ1) is 13.8. The lowest BCUT2D eigenvalue weighted by Crippen LogP contribution is -2.55. The minimum Gasteiger partial charge on any atom is -0.353 e. The second-order valence-corrected chi connectivity index (χ2v) is 9.11. The number of aromatic nitrogens is 4. The van der Waals surface area contributed by atoms with Crippen LogP contribution in [0.15, 0.2) is 12.3 Å². The molecule has 2 fully saturated rings. The number of nitrogens with zero attached hydrogens (tertiary/aromatic N) is 4. The van der Waals surface area contributed by atoms with Crippen molar-refractivity contribution in [3.63, 3.8) is 0 Å². The van der Waals surface area contributed by atoms with Crippen molar-refractivity contribution in [1.82, 2.24) is 25.1 Å². The molecule has 7 nitrogen and oxygen atoms in total. The van der Waals surface area contributed by atoms with Gasteiger partial charge in [-0.1, -0.05) is 0 Å². The predicted molar refractivity (Wildman–Crippen MR) is 114 cm³/mol. The van der Waals surface area contributed by atoms with Crippen LogP contribution in [-0.4, -0.2) is 43.1 Å². The molecule has 0 spiro atoms. The minimum absolute atomic E-state index is 0.0713. The van der Waals surface area contributed by atoms with Crippen molar-refractivity contribution in [3.05, 3.63) is 23.7 Å². The lowest BCUT2D eigenvalue weighted by atomic mass is 9.74. The number of halogens is 1. The van der Waals surface area contributed by atoms with E-state index >= 15 is 0 Å². The maximum atomic E-state index is 12.7. The molecule has 8 heteroatoms. The van der Waals surface area contributed by atoms with Gasteiger partial charge in [-0.3, -0.25) is 9.48 Å². The predicted octanol–water partition coefficient (Wildman–Crippen LogP) is 3.21. The van der Waals surface area contributed by atoms with E-state index in [1.54, 1.807) is 6.20 Å². The van der Waals surface area contributed by atoms with Gasteiger partial charge in [0.2, 0.25) is 11.9 Å². The van der Waals surface area contributed by atoms with Crippen LogP contribution in [0.5, 0.6) is 0 Å². The van der Waals surface area contributed by atoms with Gasteiger partial charge >= 0.3 is 0 Å². The molecule has 4 rings (SSSR count). The van der Waals surface area contributed by atoms with E-state index < -0.39 is 0 Å². The van der Waals surface area contributed by atoms with E-state index in [1.807, 2.05) is 38.6 Å². The maximum Gasteiger partial charge on any atom is 0.225 e. The van der Waals surface area contributed by atoms with Crippen molar-refractivity contribution in [2.75, 3.05) is 5.32 Å². The SMILES string of the molecule is Cc1nn(C)c(C)c1-c1ccnc(N[C@@H](C)C2CC3CC(Cl)CCC3NC2=O)n1. The average molecular weight is 417 g/mol. The molecule has 5 atom stereocenters. The molecule has 2 aromatic rings. The lowest BCUT2D eigenvalue weighted by Gasteiger charge is -2.42. The van der Waals surface area contributed by atoms with Crippen LogP contribution < -0.4 is 10.6 Å². The molecule has 2 aliphatic rings. The van der Waals surface area contributed by atoms with Gasteiger partial charge in [-0.15, -0.1) is 11.6 Å². The molecule has 1 saturated carbocycles. The molecular weight excluding hydrogens is 388 g/mol. The smallest absolute Gasteiger partial charge is 0.225 e. The fourth-order valence-corrected chi connectivity index (χ4v) is 5.18. The first kappa shape index (κ1) is 20.1. The summed E-state index contributed by atoms with van der Waals surface area (Å²) in [5.74, 6) is 0.985. The van der Waals surface area contributed by atoms with Crippen LogP contribution in [0.2, 0.25) is 0 Å². The first-order valence-electron chi connectivity index (χ1n) is 10.4. The number of carbonyl (C=O) groups excluding carboxylic acids is 1. The molecule has 156 valence electrons. The highest BCUT2D eigenvalue weighted by atomic mass is 35.5. The number of aryl methyl sites for hydroxylation is 2. The number of piperidine rings is 1. The van der Waals surface area contributed by atoms with E-state index in [0.717, 1.165) is 48.3 Å². The average Bonchev–Trinajstić information content (AvgIpc) is 2.93. The second kappa shape index (κ2) is 7.94. The Bertz CT molecular complexity index is 913. The van der Waals surface area contributed by atoms with E-state index in [-0.39, 0.29) is 29.3 Å². The molecule has 0 radical (unpaired) electrons. The summed E-state index contributed by atoms with van der Waals surface area (Å²) >= 11 is 6.38. The summed E-state index contributed by atoms with van der Waals surface area (Å²) in [5.41, 5.74) is 3.86. The Morgan fingerprint density at radius 2 is 2.10 bits per heavy atom. The minimum atomic E-state index is -0.118. The molecule has 29 heavy (non-hydrogen) atoms. The number of carbonyl (C=O) groups is 1. The summed E-state index contributed by atoms with van der Waals surface area (Å²) < 4.78 is 1.86. The van der Waals surface area contributed by atoms with Crippen LogP contribution in [0.1, 0.15) is 44.0 Å². The van der Waals surface area contributed by atoms with Crippen molar-refractivity contribution < 1.29 is 4.79 Å². The quantitative estimate of drug-likeness (QED) is 0.747. The molecule has 1 saturated heterocycles. The van der Waals surface area contributed by atoms with Gasteiger partial charge in [0, 0.05) is 42.0 Å². The monoisotopic (exact) mass is 416 g/mol. The number of rotatable bonds is 4. The Morgan fingerprint density at radius 3 is 2.83 bits per heavy atom. The Hall–Kier alpha value is -2.15. The fraction of sp³-hybridized carbons (Fsp3) is 0.619. The van der Waals surface area contributed by atoms with E-state index in [4.69, 9.17) is 16.6 Å². The van der Waals surface area contributed by atoms with Crippen molar-refractivity contribution in [2.45, 2.75) is 63.9 Å². The number of amides is 1. The Kier molecular flexibility index (Phi) is 5.51. The van der Waals surface area contributed by atoms with Gasteiger partial charge in [0.05, 0.1) is 17.3 Å². The summed E-state index contributed by atoms with van der Waals surface area (Å²) in [6.07, 6.45) is 5.54. The molecule has 1 aliphatic carbocycles. The topological polar surface area (TPSA) is 84.7 Å². The third-order valence-corrected chi connectivity index (χ3v) is 6.92. The summed E-state index contributed by atoms with van der Waals surface area (Å²) in [6, 6.07) is 2.10. The Labute approximate surface area is 176 Å². The molecule has 2 aromatic heterocycles. The molecule has 1 amide bonds.